The Morgan fingerprint density at radius 1 is 1.29 bits per heavy atom. The highest BCUT2D eigenvalue weighted by Crippen LogP contribution is 2.46. The maximum atomic E-state index is 13.9. The summed E-state index contributed by atoms with van der Waals surface area (Å²) in [5, 5.41) is 0. The predicted molar refractivity (Wildman–Crippen MR) is 68.2 cm³/mol. The van der Waals surface area contributed by atoms with Crippen molar-refractivity contribution in [2.45, 2.75) is 24.1 Å². The molecule has 1 aromatic rings. The number of halogens is 4. The highest BCUT2D eigenvalue weighted by molar-refractivity contribution is 7.90. The molecule has 0 radical (unpaired) electrons. The first-order valence-electron chi connectivity index (χ1n) is 5.94. The highest BCUT2D eigenvalue weighted by Gasteiger charge is 2.53. The zero-order chi connectivity index (χ0) is 15.8. The molecular formula is C13H11F4NO2S. The van der Waals surface area contributed by atoms with Crippen LogP contribution in [0, 0.1) is 12.3 Å². The van der Waals surface area contributed by atoms with E-state index in [4.69, 9.17) is 6.42 Å². The topological polar surface area (TPSA) is 37.4 Å². The van der Waals surface area contributed by atoms with E-state index in [0.29, 0.717) is 0 Å². The number of hydrogen-bond donors (Lipinski definition) is 0. The van der Waals surface area contributed by atoms with Crippen LogP contribution < -0.4 is 0 Å². The molecule has 8 heteroatoms. The van der Waals surface area contributed by atoms with Crippen LogP contribution in [0.15, 0.2) is 24.3 Å². The van der Waals surface area contributed by atoms with Crippen LogP contribution in [0.4, 0.5) is 17.6 Å². The lowest BCUT2D eigenvalue weighted by Gasteiger charge is -2.27. The number of hydrogen-bond acceptors (Lipinski definition) is 2. The van der Waals surface area contributed by atoms with Crippen LogP contribution in [0.2, 0.25) is 0 Å². The van der Waals surface area contributed by atoms with Gasteiger partial charge in [-0.05, 0) is 11.1 Å². The van der Waals surface area contributed by atoms with Crippen molar-refractivity contribution in [3.63, 3.8) is 0 Å². The zero-order valence-corrected chi connectivity index (χ0v) is 11.5. The van der Waals surface area contributed by atoms with Gasteiger partial charge in [0.1, 0.15) is 6.17 Å². The smallest absolute Gasteiger partial charge is 0.242 e. The van der Waals surface area contributed by atoms with Gasteiger partial charge in [0, 0.05) is 6.42 Å². The summed E-state index contributed by atoms with van der Waals surface area (Å²) in [6, 6.07) is 4.64. The van der Waals surface area contributed by atoms with Crippen molar-refractivity contribution >= 4 is 10.0 Å². The molecule has 2 atom stereocenters. The predicted octanol–water partition coefficient (Wildman–Crippen LogP) is 2.93. The molecule has 0 aromatic heterocycles. The van der Waals surface area contributed by atoms with Crippen LogP contribution in [-0.4, -0.2) is 24.8 Å². The van der Waals surface area contributed by atoms with Gasteiger partial charge in [-0.1, -0.05) is 30.2 Å². The van der Waals surface area contributed by atoms with Crippen LogP contribution in [0.3, 0.4) is 0 Å². The lowest BCUT2D eigenvalue weighted by atomic mass is 10.1. The minimum absolute atomic E-state index is 0.144. The summed E-state index contributed by atoms with van der Waals surface area (Å²) in [6.07, 6.45) is 3.08. The van der Waals surface area contributed by atoms with Gasteiger partial charge in [0.25, 0.3) is 0 Å². The lowest BCUT2D eigenvalue weighted by molar-refractivity contribution is -0.0498. The third-order valence-electron chi connectivity index (χ3n) is 3.32. The average Bonchev–Trinajstić information content (AvgIpc) is 2.72. The molecule has 0 heterocycles. The first-order chi connectivity index (χ1) is 9.70. The molecule has 2 rings (SSSR count). The third kappa shape index (κ3) is 2.63. The van der Waals surface area contributed by atoms with E-state index >= 15 is 0 Å². The van der Waals surface area contributed by atoms with Crippen LogP contribution in [-0.2, 0) is 10.0 Å². The zero-order valence-electron chi connectivity index (χ0n) is 10.6. The first-order valence-corrected chi connectivity index (χ1v) is 7.38. The molecule has 21 heavy (non-hydrogen) atoms. The number of terminal acetylenes is 1. The van der Waals surface area contributed by atoms with Crippen molar-refractivity contribution in [2.75, 3.05) is 6.54 Å². The van der Waals surface area contributed by atoms with Crippen LogP contribution in [0.5, 0.6) is 0 Å². The van der Waals surface area contributed by atoms with Crippen molar-refractivity contribution < 1.29 is 26.0 Å². The Bertz CT molecular complexity index is 678. The van der Waals surface area contributed by atoms with E-state index in [1.165, 1.54) is 24.3 Å². The Kier molecular flexibility index (Phi) is 4.00. The van der Waals surface area contributed by atoms with Crippen LogP contribution in [0.25, 0.3) is 0 Å². The van der Waals surface area contributed by atoms with Crippen molar-refractivity contribution in [3.05, 3.63) is 35.4 Å². The first kappa shape index (κ1) is 15.8. The molecule has 0 saturated heterocycles. The fourth-order valence-corrected chi connectivity index (χ4v) is 3.45. The van der Waals surface area contributed by atoms with Crippen molar-refractivity contribution in [1.29, 1.82) is 0 Å². The van der Waals surface area contributed by atoms with E-state index in [1.54, 1.807) is 0 Å². The Labute approximate surface area is 119 Å². The summed E-state index contributed by atoms with van der Waals surface area (Å²) in [6.45, 7) is -0.770. The molecule has 0 saturated carbocycles. The Balaban J connectivity index is 2.50. The Morgan fingerprint density at radius 3 is 2.38 bits per heavy atom. The fraction of sp³-hybridized carbons (Fsp3) is 0.385. The molecular weight excluding hydrogens is 310 g/mol. The Hall–Kier alpha value is -1.59. The monoisotopic (exact) mass is 321 g/mol. The van der Waals surface area contributed by atoms with Gasteiger partial charge in [0.05, 0.1) is 12.6 Å². The van der Waals surface area contributed by atoms with Crippen molar-refractivity contribution in [1.82, 2.24) is 4.31 Å². The second-order valence-electron chi connectivity index (χ2n) is 4.55. The average molecular weight is 321 g/mol. The van der Waals surface area contributed by atoms with E-state index < -0.39 is 34.3 Å². The third-order valence-corrected chi connectivity index (χ3v) is 4.90. The summed E-state index contributed by atoms with van der Waals surface area (Å²) in [4.78, 5) is 0. The standard InChI is InChI=1S/C13H11F4NO2S/c1-2-7-18(21(19,20)13(15,16)17)12-8-11(14)9-5-3-4-6-10(9)12/h1,3-6,11-12H,7-8H2/t11-,12+/m0/s1. The van der Waals surface area contributed by atoms with Gasteiger partial charge in [0.2, 0.25) is 0 Å². The molecule has 0 unspecified atom stereocenters. The number of nitrogens with zero attached hydrogens (tertiary/aromatic N) is 1. The van der Waals surface area contributed by atoms with Gasteiger partial charge in [-0.25, -0.2) is 12.8 Å². The highest BCUT2D eigenvalue weighted by atomic mass is 32.2. The van der Waals surface area contributed by atoms with Gasteiger partial charge in [-0.15, -0.1) is 6.42 Å². The largest absolute Gasteiger partial charge is 0.511 e. The van der Waals surface area contributed by atoms with Gasteiger partial charge in [-0.3, -0.25) is 0 Å². The molecule has 1 aromatic carbocycles. The summed E-state index contributed by atoms with van der Waals surface area (Å²) < 4.78 is 75.5. The molecule has 3 nitrogen and oxygen atoms in total. The maximum Gasteiger partial charge on any atom is 0.511 e. The maximum absolute atomic E-state index is 13.9. The normalized spacial score (nSPS) is 22.1. The fourth-order valence-electron chi connectivity index (χ4n) is 2.41. The minimum Gasteiger partial charge on any atom is -0.242 e. The molecule has 0 spiro atoms. The summed E-state index contributed by atoms with van der Waals surface area (Å²) in [7, 11) is -5.63. The van der Waals surface area contributed by atoms with Gasteiger partial charge >= 0.3 is 15.5 Å². The number of alkyl halides is 4. The number of benzene rings is 1. The van der Waals surface area contributed by atoms with Crippen molar-refractivity contribution in [3.8, 4) is 12.3 Å². The molecule has 1 aliphatic carbocycles. The number of sulfonamides is 1. The van der Waals surface area contributed by atoms with Crippen LogP contribution in [0.1, 0.15) is 29.8 Å². The lowest BCUT2D eigenvalue weighted by Crippen LogP contribution is -2.42. The molecule has 0 fully saturated rings. The Morgan fingerprint density at radius 2 is 1.86 bits per heavy atom. The second kappa shape index (κ2) is 5.31. The van der Waals surface area contributed by atoms with E-state index in [-0.39, 0.29) is 21.9 Å². The summed E-state index contributed by atoms with van der Waals surface area (Å²) in [5.74, 6) is 1.89. The molecule has 0 bridgehead atoms. The molecule has 0 aliphatic heterocycles. The minimum atomic E-state index is -5.63. The van der Waals surface area contributed by atoms with Crippen LogP contribution >= 0.6 is 0 Å². The quantitative estimate of drug-likeness (QED) is 0.634. The summed E-state index contributed by atoms with van der Waals surface area (Å²) >= 11 is 0. The van der Waals surface area contributed by atoms with E-state index in [2.05, 4.69) is 0 Å². The van der Waals surface area contributed by atoms with Gasteiger partial charge < -0.3 is 0 Å². The summed E-state index contributed by atoms with van der Waals surface area (Å²) in [5.41, 5.74) is -5.07. The van der Waals surface area contributed by atoms with Gasteiger partial charge in [-0.2, -0.15) is 17.5 Å². The number of fused-ring (bicyclic) bond motifs is 1. The molecule has 114 valence electrons. The number of rotatable bonds is 3. The molecule has 0 amide bonds. The molecule has 0 N–H and O–H groups in total. The van der Waals surface area contributed by atoms with Crippen molar-refractivity contribution in [2.24, 2.45) is 0 Å². The van der Waals surface area contributed by atoms with E-state index in [1.807, 2.05) is 5.92 Å². The van der Waals surface area contributed by atoms with E-state index in [9.17, 15) is 26.0 Å². The second-order valence-corrected chi connectivity index (χ2v) is 6.43. The van der Waals surface area contributed by atoms with E-state index in [0.717, 1.165) is 0 Å². The van der Waals surface area contributed by atoms with Gasteiger partial charge in [0.15, 0.2) is 0 Å². The SMILES string of the molecule is C#CCN([C@@H]1C[C@H](F)c2ccccc21)S(=O)(=O)C(F)(F)F. The molecule has 1 aliphatic rings.